The fourth-order valence-corrected chi connectivity index (χ4v) is 6.07. The van der Waals surface area contributed by atoms with Crippen LogP contribution in [-0.4, -0.2) is 50.7 Å². The van der Waals surface area contributed by atoms with Crippen LogP contribution in [0.2, 0.25) is 0 Å². The number of nitrogens with zero attached hydrogens (tertiary/aromatic N) is 1. The van der Waals surface area contributed by atoms with Gasteiger partial charge in [0.15, 0.2) is 0 Å². The van der Waals surface area contributed by atoms with Crippen LogP contribution in [0, 0.1) is 11.6 Å². The summed E-state index contributed by atoms with van der Waals surface area (Å²) >= 11 is 1.56. The van der Waals surface area contributed by atoms with Gasteiger partial charge in [0.1, 0.15) is 11.6 Å². The predicted octanol–water partition coefficient (Wildman–Crippen LogP) is 2.95. The quantitative estimate of drug-likeness (QED) is 0.769. The lowest BCUT2D eigenvalue weighted by Gasteiger charge is -2.27. The third kappa shape index (κ3) is 4.22. The van der Waals surface area contributed by atoms with Crippen LogP contribution in [0.3, 0.4) is 0 Å². The van der Waals surface area contributed by atoms with E-state index < -0.39 is 33.6 Å². The molecular formula is C20H20F2N2O4S2. The second-order valence-corrected chi connectivity index (χ2v) is 10.1. The zero-order valence-electron chi connectivity index (χ0n) is 15.9. The van der Waals surface area contributed by atoms with Crippen LogP contribution < -0.4 is 5.32 Å². The predicted molar refractivity (Wildman–Crippen MR) is 108 cm³/mol. The molecule has 30 heavy (non-hydrogen) atoms. The van der Waals surface area contributed by atoms with Crippen molar-refractivity contribution in [3.05, 3.63) is 59.2 Å². The Morgan fingerprint density at radius 2 is 1.90 bits per heavy atom. The van der Waals surface area contributed by atoms with Gasteiger partial charge < -0.3 is 10.1 Å². The number of thioether (sulfide) groups is 1. The summed E-state index contributed by atoms with van der Waals surface area (Å²) in [4.78, 5) is 13.5. The van der Waals surface area contributed by atoms with Crippen LogP contribution in [0.4, 0.5) is 8.78 Å². The Labute approximate surface area is 177 Å². The van der Waals surface area contributed by atoms with Gasteiger partial charge in [-0.2, -0.15) is 4.31 Å². The van der Waals surface area contributed by atoms with Gasteiger partial charge in [0.25, 0.3) is 5.91 Å². The first-order valence-corrected chi connectivity index (χ1v) is 11.9. The van der Waals surface area contributed by atoms with Gasteiger partial charge >= 0.3 is 0 Å². The van der Waals surface area contributed by atoms with Crippen molar-refractivity contribution >= 4 is 27.7 Å². The first kappa shape index (κ1) is 21.2. The maximum atomic E-state index is 14.4. The van der Waals surface area contributed by atoms with Crippen LogP contribution in [0.15, 0.2) is 46.2 Å². The minimum absolute atomic E-state index is 0.151. The Hall–Kier alpha value is -2.01. The van der Waals surface area contributed by atoms with Crippen molar-refractivity contribution < 1.29 is 26.7 Å². The molecule has 0 spiro atoms. The Morgan fingerprint density at radius 1 is 1.13 bits per heavy atom. The number of hydrogen-bond donors (Lipinski definition) is 1. The van der Waals surface area contributed by atoms with E-state index in [4.69, 9.17) is 4.74 Å². The first-order chi connectivity index (χ1) is 14.4. The molecule has 1 fully saturated rings. The summed E-state index contributed by atoms with van der Waals surface area (Å²) in [5.74, 6) is -1.26. The highest BCUT2D eigenvalue weighted by atomic mass is 32.2. The minimum atomic E-state index is -3.87. The van der Waals surface area contributed by atoms with Gasteiger partial charge in [-0.05, 0) is 48.4 Å². The Kier molecular flexibility index (Phi) is 6.10. The number of ether oxygens (including phenoxy) is 1. The largest absolute Gasteiger partial charge is 0.379 e. The van der Waals surface area contributed by atoms with Crippen molar-refractivity contribution in [2.75, 3.05) is 32.1 Å². The van der Waals surface area contributed by atoms with Gasteiger partial charge in [-0.25, -0.2) is 17.2 Å². The molecule has 160 valence electrons. The fourth-order valence-electron chi connectivity index (χ4n) is 3.53. The Bertz CT molecular complexity index is 1070. The number of amides is 1. The van der Waals surface area contributed by atoms with E-state index in [1.165, 1.54) is 16.4 Å². The molecule has 0 bridgehead atoms. The van der Waals surface area contributed by atoms with Crippen LogP contribution in [0.5, 0.6) is 0 Å². The molecule has 6 nitrogen and oxygen atoms in total. The van der Waals surface area contributed by atoms with Crippen LogP contribution in [0.1, 0.15) is 28.4 Å². The van der Waals surface area contributed by atoms with Crippen molar-refractivity contribution in [2.24, 2.45) is 0 Å². The topological polar surface area (TPSA) is 75.7 Å². The first-order valence-electron chi connectivity index (χ1n) is 9.47. The summed E-state index contributed by atoms with van der Waals surface area (Å²) in [6.07, 6.45) is 0.556. The summed E-state index contributed by atoms with van der Waals surface area (Å²) in [5, 5.41) is 2.73. The number of fused-ring (bicyclic) bond motifs is 1. The van der Waals surface area contributed by atoms with Gasteiger partial charge in [0.2, 0.25) is 10.0 Å². The molecule has 0 saturated carbocycles. The third-order valence-electron chi connectivity index (χ3n) is 5.11. The lowest BCUT2D eigenvalue weighted by Crippen LogP contribution is -2.40. The summed E-state index contributed by atoms with van der Waals surface area (Å²) in [5.41, 5.74) is 0.276. The van der Waals surface area contributed by atoms with Gasteiger partial charge in [-0.3, -0.25) is 4.79 Å². The zero-order chi connectivity index (χ0) is 21.3. The molecule has 1 amide bonds. The monoisotopic (exact) mass is 454 g/mol. The molecule has 0 radical (unpaired) electrons. The highest BCUT2D eigenvalue weighted by Crippen LogP contribution is 2.36. The van der Waals surface area contributed by atoms with E-state index in [1.807, 2.05) is 0 Å². The van der Waals surface area contributed by atoms with Crippen molar-refractivity contribution in [3.63, 3.8) is 0 Å². The minimum Gasteiger partial charge on any atom is -0.379 e. The highest BCUT2D eigenvalue weighted by Gasteiger charge is 2.29. The van der Waals surface area contributed by atoms with E-state index in [0.717, 1.165) is 28.8 Å². The molecule has 2 aromatic carbocycles. The molecule has 0 aliphatic carbocycles. The van der Waals surface area contributed by atoms with Crippen molar-refractivity contribution in [1.82, 2.24) is 9.62 Å². The summed E-state index contributed by atoms with van der Waals surface area (Å²) < 4.78 is 60.2. The van der Waals surface area contributed by atoms with Gasteiger partial charge in [-0.15, -0.1) is 11.8 Å². The van der Waals surface area contributed by atoms with Crippen molar-refractivity contribution in [3.8, 4) is 0 Å². The number of benzene rings is 2. The highest BCUT2D eigenvalue weighted by molar-refractivity contribution is 7.99. The molecule has 2 aliphatic rings. The number of carbonyl (C=O) groups excluding carboxylic acids is 1. The van der Waals surface area contributed by atoms with Gasteiger partial charge in [0, 0.05) is 23.7 Å². The molecular weight excluding hydrogens is 434 g/mol. The summed E-state index contributed by atoms with van der Waals surface area (Å²) in [6.45, 7) is 0.958. The van der Waals surface area contributed by atoms with Crippen molar-refractivity contribution in [1.29, 1.82) is 0 Å². The van der Waals surface area contributed by atoms with Gasteiger partial charge in [0.05, 0.1) is 29.7 Å². The van der Waals surface area contributed by atoms with E-state index in [0.29, 0.717) is 12.0 Å². The van der Waals surface area contributed by atoms with Crippen LogP contribution >= 0.6 is 11.8 Å². The number of carbonyl (C=O) groups is 1. The Balaban J connectivity index is 1.60. The summed E-state index contributed by atoms with van der Waals surface area (Å²) in [7, 11) is -3.87. The number of hydrogen-bond acceptors (Lipinski definition) is 5. The number of morpholine rings is 1. The second-order valence-electron chi connectivity index (χ2n) is 7.00. The lowest BCUT2D eigenvalue weighted by atomic mass is 10.0. The Morgan fingerprint density at radius 3 is 2.67 bits per heavy atom. The molecule has 2 heterocycles. The molecule has 1 saturated heterocycles. The molecule has 2 aromatic rings. The fraction of sp³-hybridized carbons (Fsp3) is 0.350. The molecule has 0 unspecified atom stereocenters. The second kappa shape index (κ2) is 8.62. The molecule has 10 heteroatoms. The average Bonchev–Trinajstić information content (AvgIpc) is 2.75. The molecule has 4 rings (SSSR count). The summed E-state index contributed by atoms with van der Waals surface area (Å²) in [6, 6.07) is 7.08. The van der Waals surface area contributed by atoms with E-state index in [1.54, 1.807) is 17.8 Å². The third-order valence-corrected chi connectivity index (χ3v) is 8.12. The van der Waals surface area contributed by atoms with Gasteiger partial charge in [-0.1, -0.05) is 0 Å². The zero-order valence-corrected chi connectivity index (χ0v) is 17.6. The normalized spacial score (nSPS) is 19.9. The number of nitrogens with one attached hydrogen (secondary N) is 1. The molecule has 1 atom stereocenters. The standard InChI is InChI=1S/C20H20F2N2O4S2/c21-13-1-4-19-16(11-13)18(5-10-29-19)23-20(25)15-12-14(2-3-17(15)22)30(26,27)24-6-8-28-9-7-24/h1-4,11-12,18H,5-10H2,(H,23,25)/t18-/m1/s1. The van der Waals surface area contributed by atoms with E-state index in [-0.39, 0.29) is 36.8 Å². The van der Waals surface area contributed by atoms with Crippen molar-refractivity contribution in [2.45, 2.75) is 22.3 Å². The molecule has 0 aromatic heterocycles. The molecule has 2 aliphatic heterocycles. The van der Waals surface area contributed by atoms with Crippen LogP contribution in [-0.2, 0) is 14.8 Å². The number of halogens is 2. The maximum absolute atomic E-state index is 14.4. The average molecular weight is 455 g/mol. The number of sulfonamides is 1. The van der Waals surface area contributed by atoms with E-state index in [2.05, 4.69) is 5.32 Å². The van der Waals surface area contributed by atoms with E-state index in [9.17, 15) is 22.0 Å². The maximum Gasteiger partial charge on any atom is 0.254 e. The van der Waals surface area contributed by atoms with E-state index >= 15 is 0 Å². The molecule has 1 N–H and O–H groups in total. The lowest BCUT2D eigenvalue weighted by molar-refractivity contribution is 0.0730. The SMILES string of the molecule is O=C(N[C@@H]1CCSc2ccc(F)cc21)c1cc(S(=O)(=O)N2CCOCC2)ccc1F. The smallest absolute Gasteiger partial charge is 0.254 e. The van der Waals surface area contributed by atoms with Crippen LogP contribution in [0.25, 0.3) is 0 Å². The number of rotatable bonds is 4.